The maximum Gasteiger partial charge on any atom is 0.226 e. The number of methoxy groups -OCH3 is 1. The zero-order valence-corrected chi connectivity index (χ0v) is 20.1. The number of amides is 1. The average molecular weight is 505 g/mol. The molecule has 7 nitrogen and oxygen atoms in total. The van der Waals surface area contributed by atoms with Gasteiger partial charge in [-0.1, -0.05) is 26.0 Å². The van der Waals surface area contributed by atoms with E-state index in [0.29, 0.717) is 6.54 Å². The van der Waals surface area contributed by atoms with Crippen molar-refractivity contribution in [1.29, 1.82) is 0 Å². The minimum Gasteiger partial charge on any atom is -0.385 e. The van der Waals surface area contributed by atoms with Gasteiger partial charge in [0.1, 0.15) is 0 Å². The number of nitrogens with zero attached hydrogens (tertiary/aromatic N) is 2. The van der Waals surface area contributed by atoms with Gasteiger partial charge in [0.2, 0.25) is 5.91 Å². The third-order valence-electron chi connectivity index (χ3n) is 4.10. The fourth-order valence-corrected chi connectivity index (χ4v) is 2.35. The maximum absolute atomic E-state index is 11.7. The molecule has 0 aliphatic carbocycles. The van der Waals surface area contributed by atoms with Crippen molar-refractivity contribution in [1.82, 2.24) is 15.5 Å². The second-order valence-corrected chi connectivity index (χ2v) is 6.84. The number of nitrogens with one attached hydrogen (secondary N) is 3. The van der Waals surface area contributed by atoms with Crippen LogP contribution in [0.5, 0.6) is 0 Å². The SMILES string of the molecule is CN=C(NCCN(C)CCCOC)NCc1ccc(NC(=O)C(C)C)cc1.I. The molecule has 0 aliphatic heterocycles. The van der Waals surface area contributed by atoms with Crippen LogP contribution in [-0.4, -0.2) is 64.2 Å². The minimum absolute atomic E-state index is 0. The molecule has 0 fully saturated rings. The van der Waals surface area contributed by atoms with Crippen LogP contribution in [0.25, 0.3) is 0 Å². The first-order valence-corrected chi connectivity index (χ1v) is 9.48. The van der Waals surface area contributed by atoms with Crippen molar-refractivity contribution in [2.24, 2.45) is 10.9 Å². The van der Waals surface area contributed by atoms with Crippen molar-refractivity contribution in [3.63, 3.8) is 0 Å². The van der Waals surface area contributed by atoms with E-state index in [2.05, 4.69) is 32.9 Å². The Labute approximate surface area is 186 Å². The summed E-state index contributed by atoms with van der Waals surface area (Å²) in [6, 6.07) is 7.84. The smallest absolute Gasteiger partial charge is 0.226 e. The van der Waals surface area contributed by atoms with Crippen LogP contribution in [0.3, 0.4) is 0 Å². The van der Waals surface area contributed by atoms with Gasteiger partial charge in [-0.05, 0) is 31.2 Å². The summed E-state index contributed by atoms with van der Waals surface area (Å²) in [6.07, 6.45) is 1.04. The van der Waals surface area contributed by atoms with Gasteiger partial charge in [-0.25, -0.2) is 0 Å². The van der Waals surface area contributed by atoms with Gasteiger partial charge >= 0.3 is 0 Å². The first-order chi connectivity index (χ1) is 13.0. The van der Waals surface area contributed by atoms with Crippen molar-refractivity contribution >= 4 is 41.5 Å². The van der Waals surface area contributed by atoms with Gasteiger partial charge in [0, 0.05) is 58.5 Å². The van der Waals surface area contributed by atoms with Crippen LogP contribution in [0.15, 0.2) is 29.3 Å². The second-order valence-electron chi connectivity index (χ2n) is 6.84. The second kappa shape index (κ2) is 15.5. The molecule has 0 heterocycles. The lowest BCUT2D eigenvalue weighted by Crippen LogP contribution is -2.40. The first kappa shape index (κ1) is 26.6. The van der Waals surface area contributed by atoms with Crippen LogP contribution in [0.4, 0.5) is 5.69 Å². The Hall–Kier alpha value is -1.39. The number of carbonyl (C=O) groups is 1. The highest BCUT2D eigenvalue weighted by Crippen LogP contribution is 2.10. The van der Waals surface area contributed by atoms with E-state index in [4.69, 9.17) is 4.74 Å². The third kappa shape index (κ3) is 11.5. The maximum atomic E-state index is 11.7. The van der Waals surface area contributed by atoms with E-state index in [-0.39, 0.29) is 35.8 Å². The van der Waals surface area contributed by atoms with E-state index in [1.807, 2.05) is 38.1 Å². The van der Waals surface area contributed by atoms with Gasteiger partial charge in [0.05, 0.1) is 0 Å². The van der Waals surface area contributed by atoms with Crippen molar-refractivity contribution in [2.75, 3.05) is 52.8 Å². The summed E-state index contributed by atoms with van der Waals surface area (Å²) in [5.74, 6) is 0.773. The fraction of sp³-hybridized carbons (Fsp3) is 0.600. The number of anilines is 1. The lowest BCUT2D eigenvalue weighted by Gasteiger charge is -2.18. The Kier molecular flexibility index (Phi) is 14.8. The molecule has 1 aromatic carbocycles. The number of halogens is 1. The summed E-state index contributed by atoms with van der Waals surface area (Å²) in [6.45, 7) is 8.00. The molecule has 0 unspecified atom stereocenters. The Morgan fingerprint density at radius 2 is 1.86 bits per heavy atom. The summed E-state index contributed by atoms with van der Waals surface area (Å²) in [4.78, 5) is 18.2. The average Bonchev–Trinajstić information content (AvgIpc) is 2.65. The van der Waals surface area contributed by atoms with Crippen molar-refractivity contribution < 1.29 is 9.53 Å². The van der Waals surface area contributed by atoms with Gasteiger partial charge in [0.25, 0.3) is 0 Å². The fourth-order valence-electron chi connectivity index (χ4n) is 2.35. The molecule has 0 bridgehead atoms. The summed E-state index contributed by atoms with van der Waals surface area (Å²) in [5, 5.41) is 9.52. The summed E-state index contributed by atoms with van der Waals surface area (Å²) < 4.78 is 5.07. The molecule has 3 N–H and O–H groups in total. The van der Waals surface area contributed by atoms with E-state index in [0.717, 1.165) is 49.9 Å². The predicted octanol–water partition coefficient (Wildman–Crippen LogP) is 2.53. The molecular weight excluding hydrogens is 469 g/mol. The minimum atomic E-state index is -0.0280. The molecule has 1 rings (SSSR count). The molecule has 160 valence electrons. The molecule has 28 heavy (non-hydrogen) atoms. The zero-order valence-electron chi connectivity index (χ0n) is 17.7. The standard InChI is InChI=1S/C20H35N5O2.HI/c1-16(2)19(26)24-18-9-7-17(8-10-18)15-23-20(21-3)22-11-13-25(4)12-6-14-27-5;/h7-10,16H,6,11-15H2,1-5H3,(H,24,26)(H2,21,22,23);1H. The van der Waals surface area contributed by atoms with Crippen LogP contribution >= 0.6 is 24.0 Å². The largest absolute Gasteiger partial charge is 0.385 e. The number of hydrogen-bond acceptors (Lipinski definition) is 4. The molecule has 0 saturated carbocycles. The highest BCUT2D eigenvalue weighted by atomic mass is 127. The molecule has 0 spiro atoms. The number of carbonyl (C=O) groups excluding carboxylic acids is 1. The Bertz CT molecular complexity index is 578. The van der Waals surface area contributed by atoms with Gasteiger partial charge < -0.3 is 25.6 Å². The van der Waals surface area contributed by atoms with E-state index < -0.39 is 0 Å². The van der Waals surface area contributed by atoms with Crippen LogP contribution < -0.4 is 16.0 Å². The number of likely N-dealkylation sites (N-methyl/N-ethyl adjacent to an activating group) is 1. The monoisotopic (exact) mass is 505 g/mol. The number of guanidine groups is 1. The number of aliphatic imine (C=N–C) groups is 1. The van der Waals surface area contributed by atoms with E-state index in [1.54, 1.807) is 14.2 Å². The van der Waals surface area contributed by atoms with Gasteiger partial charge in [0.15, 0.2) is 5.96 Å². The normalized spacial score (nSPS) is 11.3. The van der Waals surface area contributed by atoms with Crippen molar-refractivity contribution in [3.05, 3.63) is 29.8 Å². The predicted molar refractivity (Wildman–Crippen MR) is 128 cm³/mol. The van der Waals surface area contributed by atoms with Gasteiger partial charge in [-0.2, -0.15) is 0 Å². The summed E-state index contributed by atoms with van der Waals surface area (Å²) >= 11 is 0. The summed E-state index contributed by atoms with van der Waals surface area (Å²) in [5.41, 5.74) is 1.94. The van der Waals surface area contributed by atoms with Crippen LogP contribution in [0.2, 0.25) is 0 Å². The molecule has 1 aromatic rings. The quantitative estimate of drug-likeness (QED) is 0.187. The third-order valence-corrected chi connectivity index (χ3v) is 4.10. The summed E-state index contributed by atoms with van der Waals surface area (Å²) in [7, 11) is 5.60. The molecule has 1 amide bonds. The number of benzene rings is 1. The highest BCUT2D eigenvalue weighted by Gasteiger charge is 2.07. The molecule has 0 atom stereocenters. The van der Waals surface area contributed by atoms with E-state index >= 15 is 0 Å². The van der Waals surface area contributed by atoms with Crippen LogP contribution in [0, 0.1) is 5.92 Å². The molecule has 0 radical (unpaired) electrons. The Morgan fingerprint density at radius 3 is 2.43 bits per heavy atom. The Morgan fingerprint density at radius 1 is 1.18 bits per heavy atom. The number of rotatable bonds is 11. The van der Waals surface area contributed by atoms with E-state index in [9.17, 15) is 4.79 Å². The Balaban J connectivity index is 0.00000729. The highest BCUT2D eigenvalue weighted by molar-refractivity contribution is 14.0. The lowest BCUT2D eigenvalue weighted by atomic mass is 10.1. The van der Waals surface area contributed by atoms with E-state index in [1.165, 1.54) is 0 Å². The molecule has 8 heteroatoms. The zero-order chi connectivity index (χ0) is 20.1. The van der Waals surface area contributed by atoms with Crippen molar-refractivity contribution in [3.8, 4) is 0 Å². The topological polar surface area (TPSA) is 78.0 Å². The molecule has 0 saturated heterocycles. The number of ether oxygens (including phenoxy) is 1. The molecule has 0 aromatic heterocycles. The number of hydrogen-bond donors (Lipinski definition) is 3. The van der Waals surface area contributed by atoms with Gasteiger partial charge in [-0.3, -0.25) is 9.79 Å². The van der Waals surface area contributed by atoms with Crippen molar-refractivity contribution in [2.45, 2.75) is 26.8 Å². The lowest BCUT2D eigenvalue weighted by molar-refractivity contribution is -0.118. The van der Waals surface area contributed by atoms with Crippen LogP contribution in [-0.2, 0) is 16.1 Å². The first-order valence-electron chi connectivity index (χ1n) is 9.48. The van der Waals surface area contributed by atoms with Gasteiger partial charge in [-0.15, -0.1) is 24.0 Å². The van der Waals surface area contributed by atoms with Crippen LogP contribution in [0.1, 0.15) is 25.8 Å². The molecule has 0 aliphatic rings. The molecular formula is C20H36IN5O2.